The first-order valence-electron chi connectivity index (χ1n) is 11.8. The fourth-order valence-corrected chi connectivity index (χ4v) is 4.88. The number of aromatic nitrogens is 4. The second-order valence-corrected chi connectivity index (χ2v) is 9.51. The van der Waals surface area contributed by atoms with Gasteiger partial charge in [-0.3, -0.25) is 9.59 Å². The number of nitrogens with one attached hydrogen (secondary N) is 2. The molecule has 1 aliphatic carbocycles. The Balaban J connectivity index is 1.24. The number of fused-ring (bicyclic) bond motifs is 2. The molecule has 1 saturated heterocycles. The number of piperidine rings is 1. The van der Waals surface area contributed by atoms with E-state index < -0.39 is 5.60 Å². The number of aryl methyl sites for hydroxylation is 1. The van der Waals surface area contributed by atoms with Crippen LogP contribution in [0.4, 0.5) is 11.5 Å². The van der Waals surface area contributed by atoms with Crippen molar-refractivity contribution < 1.29 is 14.3 Å². The summed E-state index contributed by atoms with van der Waals surface area (Å²) in [6.07, 6.45) is 5.51. The summed E-state index contributed by atoms with van der Waals surface area (Å²) in [5, 5.41) is 5.93. The lowest BCUT2D eigenvalue weighted by molar-refractivity contribution is -0.120. The molecule has 34 heavy (non-hydrogen) atoms. The van der Waals surface area contributed by atoms with Gasteiger partial charge in [-0.1, -0.05) is 12.1 Å². The van der Waals surface area contributed by atoms with Crippen molar-refractivity contribution in [3.05, 3.63) is 36.4 Å². The molecule has 2 amide bonds. The fraction of sp³-hybridized carbons (Fsp3) is 0.458. The van der Waals surface area contributed by atoms with Gasteiger partial charge in [0.15, 0.2) is 17.0 Å². The number of anilines is 2. The zero-order valence-electron chi connectivity index (χ0n) is 19.1. The Labute approximate surface area is 196 Å². The van der Waals surface area contributed by atoms with E-state index in [-0.39, 0.29) is 11.8 Å². The van der Waals surface area contributed by atoms with Gasteiger partial charge in [-0.25, -0.2) is 15.0 Å². The summed E-state index contributed by atoms with van der Waals surface area (Å²) in [5.41, 5.74) is 1.39. The SMILES string of the molecule is Cn1c(C(=O)NCC2CC2)nc2c(N3CCC4(CC3)CC(=O)Nc3ccccc3O4)ncnc21. The number of benzene rings is 1. The van der Waals surface area contributed by atoms with Gasteiger partial charge in [0.25, 0.3) is 5.91 Å². The van der Waals surface area contributed by atoms with Crippen molar-refractivity contribution >= 4 is 34.5 Å². The predicted molar refractivity (Wildman–Crippen MR) is 126 cm³/mol. The zero-order valence-corrected chi connectivity index (χ0v) is 19.1. The highest BCUT2D eigenvalue weighted by Gasteiger charge is 2.41. The summed E-state index contributed by atoms with van der Waals surface area (Å²) in [6.45, 7) is 1.99. The summed E-state index contributed by atoms with van der Waals surface area (Å²) in [5.74, 6) is 2.12. The zero-order chi connectivity index (χ0) is 23.3. The molecule has 3 aliphatic rings. The van der Waals surface area contributed by atoms with E-state index >= 15 is 0 Å². The third-order valence-corrected chi connectivity index (χ3v) is 7.03. The fourth-order valence-electron chi connectivity index (χ4n) is 4.88. The number of carbonyl (C=O) groups excluding carboxylic acids is 2. The molecule has 0 radical (unpaired) electrons. The summed E-state index contributed by atoms with van der Waals surface area (Å²) < 4.78 is 8.14. The quantitative estimate of drug-likeness (QED) is 0.613. The van der Waals surface area contributed by atoms with E-state index in [1.54, 1.807) is 11.6 Å². The maximum absolute atomic E-state index is 12.7. The lowest BCUT2D eigenvalue weighted by Gasteiger charge is -2.41. The van der Waals surface area contributed by atoms with E-state index in [0.29, 0.717) is 79.1 Å². The predicted octanol–water partition coefficient (Wildman–Crippen LogP) is 2.26. The number of ether oxygens (including phenoxy) is 1. The Morgan fingerprint density at radius 1 is 1.24 bits per heavy atom. The van der Waals surface area contributed by atoms with E-state index in [4.69, 9.17) is 4.74 Å². The number of hydrogen-bond acceptors (Lipinski definition) is 7. The van der Waals surface area contributed by atoms with Crippen LogP contribution in [-0.4, -0.2) is 56.6 Å². The second-order valence-electron chi connectivity index (χ2n) is 9.51. The molecule has 10 heteroatoms. The monoisotopic (exact) mass is 461 g/mol. The molecule has 10 nitrogen and oxygen atoms in total. The van der Waals surface area contributed by atoms with E-state index in [9.17, 15) is 9.59 Å². The lowest BCUT2D eigenvalue weighted by atomic mass is 9.87. The van der Waals surface area contributed by atoms with Crippen LogP contribution in [0, 0.1) is 5.92 Å². The van der Waals surface area contributed by atoms with Gasteiger partial charge in [-0.05, 0) is 30.9 Å². The Hall–Kier alpha value is -3.69. The molecule has 1 saturated carbocycles. The van der Waals surface area contributed by atoms with Crippen LogP contribution in [0.2, 0.25) is 0 Å². The minimum Gasteiger partial charge on any atom is -0.484 e. The molecule has 2 aromatic heterocycles. The molecule has 176 valence electrons. The van der Waals surface area contributed by atoms with Crippen molar-refractivity contribution in [1.82, 2.24) is 24.8 Å². The second kappa shape index (κ2) is 7.96. The molecule has 2 aliphatic heterocycles. The minimum atomic E-state index is -0.558. The van der Waals surface area contributed by atoms with Gasteiger partial charge in [0, 0.05) is 39.5 Å². The molecule has 1 aromatic carbocycles. The van der Waals surface area contributed by atoms with Crippen LogP contribution in [-0.2, 0) is 11.8 Å². The third-order valence-electron chi connectivity index (χ3n) is 7.03. The van der Waals surface area contributed by atoms with E-state index in [1.165, 1.54) is 19.2 Å². The summed E-state index contributed by atoms with van der Waals surface area (Å²) in [6, 6.07) is 7.55. The highest BCUT2D eigenvalue weighted by molar-refractivity contribution is 5.96. The molecule has 0 bridgehead atoms. The lowest BCUT2D eigenvalue weighted by Crippen LogP contribution is -2.49. The van der Waals surface area contributed by atoms with Crippen LogP contribution < -0.4 is 20.3 Å². The molecule has 2 N–H and O–H groups in total. The van der Waals surface area contributed by atoms with Crippen LogP contribution in [0.15, 0.2) is 30.6 Å². The normalized spacial score (nSPS) is 19.3. The molecule has 3 aromatic rings. The number of nitrogens with zero attached hydrogens (tertiary/aromatic N) is 5. The topological polar surface area (TPSA) is 114 Å². The van der Waals surface area contributed by atoms with Gasteiger partial charge in [-0.2, -0.15) is 0 Å². The molecule has 1 spiro atoms. The first kappa shape index (κ1) is 20.9. The highest BCUT2D eigenvalue weighted by Crippen LogP contribution is 2.39. The van der Waals surface area contributed by atoms with Gasteiger partial charge in [0.2, 0.25) is 11.7 Å². The van der Waals surface area contributed by atoms with Gasteiger partial charge in [0.05, 0.1) is 12.1 Å². The number of para-hydroxylation sites is 2. The molecular weight excluding hydrogens is 434 g/mol. The van der Waals surface area contributed by atoms with Crippen LogP contribution in [0.3, 0.4) is 0 Å². The first-order chi connectivity index (χ1) is 16.5. The average molecular weight is 462 g/mol. The maximum Gasteiger partial charge on any atom is 0.287 e. The van der Waals surface area contributed by atoms with Crippen LogP contribution in [0.1, 0.15) is 42.7 Å². The van der Waals surface area contributed by atoms with Gasteiger partial charge in [0.1, 0.15) is 17.7 Å². The molecular formula is C24H27N7O3. The Bertz CT molecular complexity index is 1270. The molecule has 0 unspecified atom stereocenters. The third kappa shape index (κ3) is 3.72. The molecule has 6 rings (SSSR count). The van der Waals surface area contributed by atoms with Gasteiger partial charge < -0.3 is 24.8 Å². The maximum atomic E-state index is 12.7. The molecule has 2 fully saturated rings. The van der Waals surface area contributed by atoms with Crippen molar-refractivity contribution in [3.8, 4) is 5.75 Å². The molecule has 0 atom stereocenters. The average Bonchev–Trinajstić information content (AvgIpc) is 3.62. The highest BCUT2D eigenvalue weighted by atomic mass is 16.5. The first-order valence-corrected chi connectivity index (χ1v) is 11.8. The van der Waals surface area contributed by atoms with Crippen molar-refractivity contribution in [2.24, 2.45) is 13.0 Å². The molecule has 4 heterocycles. The van der Waals surface area contributed by atoms with E-state index in [2.05, 4.69) is 30.5 Å². The Morgan fingerprint density at radius 3 is 2.82 bits per heavy atom. The van der Waals surface area contributed by atoms with Crippen molar-refractivity contribution in [3.63, 3.8) is 0 Å². The number of rotatable bonds is 4. The summed E-state index contributed by atoms with van der Waals surface area (Å²) in [7, 11) is 1.80. The van der Waals surface area contributed by atoms with Gasteiger partial charge in [-0.15, -0.1) is 0 Å². The number of carbonyl (C=O) groups is 2. The Kier molecular flexibility index (Phi) is 4.89. The summed E-state index contributed by atoms with van der Waals surface area (Å²) in [4.78, 5) is 41.0. The smallest absolute Gasteiger partial charge is 0.287 e. The number of hydrogen-bond donors (Lipinski definition) is 2. The Morgan fingerprint density at radius 2 is 2.03 bits per heavy atom. The van der Waals surface area contributed by atoms with Crippen molar-refractivity contribution in [2.45, 2.75) is 37.7 Å². The minimum absolute atomic E-state index is 0.0330. The van der Waals surface area contributed by atoms with Crippen LogP contribution >= 0.6 is 0 Å². The summed E-state index contributed by atoms with van der Waals surface area (Å²) >= 11 is 0. The van der Waals surface area contributed by atoms with Crippen LogP contribution in [0.25, 0.3) is 11.2 Å². The van der Waals surface area contributed by atoms with Crippen LogP contribution in [0.5, 0.6) is 5.75 Å². The van der Waals surface area contributed by atoms with Crippen molar-refractivity contribution in [1.29, 1.82) is 0 Å². The van der Waals surface area contributed by atoms with Gasteiger partial charge >= 0.3 is 0 Å². The number of amides is 2. The number of imidazole rings is 1. The standard InChI is InChI=1S/C24H27N7O3/c1-30-20-19(29-22(30)23(33)25-13-15-6-7-15)21(27-14-26-20)31-10-8-24(9-11-31)12-18(32)28-16-4-2-3-5-17(16)34-24/h2-5,14-15H,6-13H2,1H3,(H,25,33)(H,28,32). The van der Waals surface area contributed by atoms with E-state index in [1.807, 2.05) is 24.3 Å². The largest absolute Gasteiger partial charge is 0.484 e. The van der Waals surface area contributed by atoms with Crippen molar-refractivity contribution in [2.75, 3.05) is 29.9 Å². The van der Waals surface area contributed by atoms with E-state index in [0.717, 1.165) is 0 Å².